The molecule has 4 rings (SSSR count). The third-order valence-electron chi connectivity index (χ3n) is 5.06. The van der Waals surface area contributed by atoms with Crippen molar-refractivity contribution in [3.8, 4) is 10.6 Å². The van der Waals surface area contributed by atoms with Crippen molar-refractivity contribution in [2.75, 3.05) is 6.54 Å². The Bertz CT molecular complexity index is 1110. The number of rotatable bonds is 7. The number of nitrogens with one attached hydrogen (secondary N) is 2. The van der Waals surface area contributed by atoms with Crippen molar-refractivity contribution in [1.82, 2.24) is 10.3 Å². The summed E-state index contributed by atoms with van der Waals surface area (Å²) in [4.78, 5) is 28.8. The molecule has 2 aromatic carbocycles. The fraction of sp³-hybridized carbons (Fsp3) is 0.120. The summed E-state index contributed by atoms with van der Waals surface area (Å²) < 4.78 is 0. The topological polar surface area (TPSA) is 62.0 Å². The van der Waals surface area contributed by atoms with Crippen LogP contribution in [0, 0.1) is 0 Å². The Labute approximate surface area is 179 Å². The Morgan fingerprint density at radius 3 is 2.10 bits per heavy atom. The first-order chi connectivity index (χ1) is 14.7. The van der Waals surface area contributed by atoms with Crippen LogP contribution in [0.25, 0.3) is 10.6 Å². The van der Waals surface area contributed by atoms with Crippen molar-refractivity contribution >= 4 is 17.2 Å². The number of pyridine rings is 1. The largest absolute Gasteiger partial charge is 0.352 e. The molecule has 5 heteroatoms. The van der Waals surface area contributed by atoms with E-state index in [2.05, 4.69) is 34.6 Å². The molecule has 0 unspecified atom stereocenters. The Hall–Kier alpha value is -3.44. The number of H-pyrrole nitrogens is 1. The van der Waals surface area contributed by atoms with E-state index in [1.165, 1.54) is 11.1 Å². The summed E-state index contributed by atoms with van der Waals surface area (Å²) in [6.45, 7) is 0.472. The molecule has 4 nitrogen and oxygen atoms in total. The molecule has 0 fully saturated rings. The van der Waals surface area contributed by atoms with Crippen LogP contribution in [0.3, 0.4) is 0 Å². The molecule has 0 spiro atoms. The van der Waals surface area contributed by atoms with Gasteiger partial charge in [0.25, 0.3) is 11.5 Å². The average Bonchev–Trinajstić information content (AvgIpc) is 3.33. The van der Waals surface area contributed by atoms with Crippen LogP contribution in [-0.2, 0) is 0 Å². The Balaban J connectivity index is 1.44. The van der Waals surface area contributed by atoms with Crippen molar-refractivity contribution in [1.29, 1.82) is 0 Å². The SMILES string of the molecule is O=C(NCCC(c1ccccc1)c1ccccc1)c1ccc(-c2cccs2)[nH]c1=O. The van der Waals surface area contributed by atoms with Crippen LogP contribution in [0.5, 0.6) is 0 Å². The van der Waals surface area contributed by atoms with Crippen LogP contribution in [0.1, 0.15) is 33.8 Å². The first-order valence-electron chi connectivity index (χ1n) is 9.87. The van der Waals surface area contributed by atoms with E-state index in [9.17, 15) is 9.59 Å². The van der Waals surface area contributed by atoms with E-state index in [-0.39, 0.29) is 22.9 Å². The molecule has 2 N–H and O–H groups in total. The van der Waals surface area contributed by atoms with Crippen molar-refractivity contribution in [3.05, 3.63) is 117 Å². The maximum atomic E-state index is 12.6. The molecule has 2 aromatic heterocycles. The number of thiophene rings is 1. The van der Waals surface area contributed by atoms with Gasteiger partial charge in [-0.05, 0) is 41.1 Å². The van der Waals surface area contributed by atoms with Gasteiger partial charge < -0.3 is 10.3 Å². The van der Waals surface area contributed by atoms with Gasteiger partial charge in [-0.1, -0.05) is 66.7 Å². The first-order valence-corrected chi connectivity index (χ1v) is 10.8. The molecule has 0 aliphatic carbocycles. The van der Waals surface area contributed by atoms with Crippen LogP contribution < -0.4 is 10.9 Å². The Kier molecular flexibility index (Phi) is 6.20. The number of hydrogen-bond donors (Lipinski definition) is 2. The molecule has 0 bridgehead atoms. The molecular weight excluding hydrogens is 392 g/mol. The zero-order valence-corrected chi connectivity index (χ0v) is 17.2. The van der Waals surface area contributed by atoms with Crippen LogP contribution in [0.4, 0.5) is 0 Å². The summed E-state index contributed by atoms with van der Waals surface area (Å²) in [7, 11) is 0. The first kappa shape index (κ1) is 19.9. The van der Waals surface area contributed by atoms with Crippen molar-refractivity contribution in [3.63, 3.8) is 0 Å². The fourth-order valence-corrected chi connectivity index (χ4v) is 4.26. The lowest BCUT2D eigenvalue weighted by molar-refractivity contribution is 0.0951. The Morgan fingerprint density at radius 2 is 1.53 bits per heavy atom. The summed E-state index contributed by atoms with van der Waals surface area (Å²) in [6.07, 6.45) is 0.741. The summed E-state index contributed by atoms with van der Waals surface area (Å²) >= 11 is 1.54. The molecule has 0 atom stereocenters. The molecular formula is C25H22N2O2S. The molecule has 0 aliphatic rings. The molecule has 0 radical (unpaired) electrons. The van der Waals surface area contributed by atoms with E-state index in [0.29, 0.717) is 6.54 Å². The molecule has 150 valence electrons. The van der Waals surface area contributed by atoms with Crippen LogP contribution in [0.2, 0.25) is 0 Å². The van der Waals surface area contributed by atoms with E-state index < -0.39 is 0 Å². The molecule has 1 amide bonds. The van der Waals surface area contributed by atoms with E-state index in [1.54, 1.807) is 23.5 Å². The number of aromatic amines is 1. The lowest BCUT2D eigenvalue weighted by Gasteiger charge is -2.18. The second kappa shape index (κ2) is 9.37. The van der Waals surface area contributed by atoms with Crippen LogP contribution in [0.15, 0.2) is 95.1 Å². The monoisotopic (exact) mass is 414 g/mol. The minimum atomic E-state index is -0.374. The third-order valence-corrected chi connectivity index (χ3v) is 5.97. The lowest BCUT2D eigenvalue weighted by atomic mass is 9.88. The van der Waals surface area contributed by atoms with Crippen LogP contribution >= 0.6 is 11.3 Å². The van der Waals surface area contributed by atoms with Crippen molar-refractivity contribution in [2.24, 2.45) is 0 Å². The van der Waals surface area contributed by atoms with E-state index in [4.69, 9.17) is 0 Å². The van der Waals surface area contributed by atoms with E-state index >= 15 is 0 Å². The standard InChI is InChI=1S/C25H22N2O2S/c28-24(21-13-14-22(27-25(21)29)23-12-7-17-30-23)26-16-15-20(18-8-3-1-4-9-18)19-10-5-2-6-11-19/h1-14,17,20H,15-16H2,(H,26,28)(H,27,29). The Morgan fingerprint density at radius 1 is 0.867 bits per heavy atom. The van der Waals surface area contributed by atoms with Gasteiger partial charge in [0.1, 0.15) is 5.56 Å². The highest BCUT2D eigenvalue weighted by Gasteiger charge is 2.16. The van der Waals surface area contributed by atoms with E-state index in [1.807, 2.05) is 53.9 Å². The van der Waals surface area contributed by atoms with Gasteiger partial charge in [0.15, 0.2) is 0 Å². The molecule has 0 saturated carbocycles. The zero-order valence-electron chi connectivity index (χ0n) is 16.4. The minimum absolute atomic E-state index is 0.131. The van der Waals surface area contributed by atoms with Gasteiger partial charge in [0.2, 0.25) is 0 Å². The molecule has 0 aliphatic heterocycles. The molecule has 2 heterocycles. The van der Waals surface area contributed by atoms with Gasteiger partial charge in [-0.25, -0.2) is 0 Å². The van der Waals surface area contributed by atoms with Gasteiger partial charge in [-0.3, -0.25) is 9.59 Å². The highest BCUT2D eigenvalue weighted by Crippen LogP contribution is 2.27. The smallest absolute Gasteiger partial charge is 0.261 e. The van der Waals surface area contributed by atoms with Gasteiger partial charge >= 0.3 is 0 Å². The maximum Gasteiger partial charge on any atom is 0.261 e. The number of hydrogen-bond acceptors (Lipinski definition) is 3. The van der Waals surface area contributed by atoms with Gasteiger partial charge in [-0.15, -0.1) is 11.3 Å². The quantitative estimate of drug-likeness (QED) is 0.444. The second-order valence-electron chi connectivity index (χ2n) is 7.01. The number of carbonyl (C=O) groups is 1. The number of amides is 1. The predicted octanol–water partition coefficient (Wildman–Crippen LogP) is 5.06. The summed E-state index contributed by atoms with van der Waals surface area (Å²) in [5.41, 5.74) is 2.89. The normalized spacial score (nSPS) is 10.8. The number of carbonyl (C=O) groups excluding carboxylic acids is 1. The zero-order chi connectivity index (χ0) is 20.8. The lowest BCUT2D eigenvalue weighted by Crippen LogP contribution is -2.31. The fourth-order valence-electron chi connectivity index (χ4n) is 3.55. The highest BCUT2D eigenvalue weighted by molar-refractivity contribution is 7.13. The summed E-state index contributed by atoms with van der Waals surface area (Å²) in [5, 5.41) is 4.86. The van der Waals surface area contributed by atoms with Crippen molar-refractivity contribution in [2.45, 2.75) is 12.3 Å². The maximum absolute atomic E-state index is 12.6. The molecule has 30 heavy (non-hydrogen) atoms. The average molecular weight is 415 g/mol. The minimum Gasteiger partial charge on any atom is -0.352 e. The van der Waals surface area contributed by atoms with Gasteiger partial charge in [0.05, 0.1) is 10.6 Å². The predicted molar refractivity (Wildman–Crippen MR) is 122 cm³/mol. The number of aromatic nitrogens is 1. The molecule has 4 aromatic rings. The summed E-state index contributed by atoms with van der Waals surface area (Å²) in [6, 6.07) is 27.8. The number of benzene rings is 2. The van der Waals surface area contributed by atoms with E-state index in [0.717, 1.165) is 17.0 Å². The highest BCUT2D eigenvalue weighted by atomic mass is 32.1. The van der Waals surface area contributed by atoms with Gasteiger partial charge in [0, 0.05) is 12.5 Å². The molecule has 0 saturated heterocycles. The van der Waals surface area contributed by atoms with Crippen LogP contribution in [-0.4, -0.2) is 17.4 Å². The third kappa shape index (κ3) is 4.58. The van der Waals surface area contributed by atoms with Crippen molar-refractivity contribution < 1.29 is 4.79 Å². The second-order valence-corrected chi connectivity index (χ2v) is 7.96. The summed E-state index contributed by atoms with van der Waals surface area (Å²) in [5.74, 6) is -0.180. The van der Waals surface area contributed by atoms with Gasteiger partial charge in [-0.2, -0.15) is 0 Å².